The van der Waals surface area contributed by atoms with Crippen LogP contribution in [0.4, 0.5) is 0 Å². The molecule has 0 radical (unpaired) electrons. The Labute approximate surface area is 136 Å². The van der Waals surface area contributed by atoms with Crippen molar-refractivity contribution in [2.24, 2.45) is 0 Å². The Morgan fingerprint density at radius 1 is 1.30 bits per heavy atom. The summed E-state index contributed by atoms with van der Waals surface area (Å²) in [5, 5.41) is 8.49. The summed E-state index contributed by atoms with van der Waals surface area (Å²) in [4.78, 5) is 25.7. The maximum atomic E-state index is 12.7. The second-order valence-electron chi connectivity index (χ2n) is 4.97. The van der Waals surface area contributed by atoms with E-state index in [2.05, 4.69) is 10.3 Å². The number of carbonyl (C=O) groups is 1. The van der Waals surface area contributed by atoms with Crippen molar-refractivity contribution in [1.29, 1.82) is 0 Å². The van der Waals surface area contributed by atoms with E-state index in [9.17, 15) is 9.59 Å². The fraction of sp³-hybridized carbons (Fsp3) is 0.250. The van der Waals surface area contributed by atoms with Crippen molar-refractivity contribution < 1.29 is 9.53 Å². The molecule has 3 aromatic rings. The van der Waals surface area contributed by atoms with Crippen LogP contribution in [-0.2, 0) is 11.3 Å². The minimum absolute atomic E-state index is 0.247. The van der Waals surface area contributed by atoms with E-state index in [0.717, 1.165) is 10.4 Å². The van der Waals surface area contributed by atoms with Gasteiger partial charge in [-0.25, -0.2) is 9.48 Å². The lowest BCUT2D eigenvalue weighted by molar-refractivity contribution is 0.0534. The van der Waals surface area contributed by atoms with E-state index < -0.39 is 5.97 Å². The van der Waals surface area contributed by atoms with Gasteiger partial charge in [0.25, 0.3) is 5.56 Å². The van der Waals surface area contributed by atoms with Gasteiger partial charge in [-0.05, 0) is 19.4 Å². The maximum absolute atomic E-state index is 12.7. The number of aromatic nitrogens is 3. The Morgan fingerprint density at radius 2 is 2.04 bits per heavy atom. The average Bonchev–Trinajstić information content (AvgIpc) is 2.89. The van der Waals surface area contributed by atoms with Crippen LogP contribution in [0.3, 0.4) is 0 Å². The number of hydrogen-bond donors (Lipinski definition) is 0. The molecule has 0 atom stereocenters. The highest BCUT2D eigenvalue weighted by atomic mass is 32.1. The molecule has 7 heteroatoms. The molecule has 118 valence electrons. The van der Waals surface area contributed by atoms with Gasteiger partial charge in [-0.15, -0.1) is 16.4 Å². The number of rotatable bonds is 4. The van der Waals surface area contributed by atoms with Gasteiger partial charge in [0.15, 0.2) is 0 Å². The molecule has 6 nitrogen and oxygen atoms in total. The van der Waals surface area contributed by atoms with Crippen molar-refractivity contribution in [3.8, 4) is 0 Å². The van der Waals surface area contributed by atoms with Crippen molar-refractivity contribution in [3.05, 3.63) is 56.0 Å². The van der Waals surface area contributed by atoms with E-state index >= 15 is 0 Å². The largest absolute Gasteiger partial charge is 0.462 e. The molecule has 0 N–H and O–H groups in total. The lowest BCUT2D eigenvalue weighted by Gasteiger charge is -2.04. The zero-order valence-corrected chi connectivity index (χ0v) is 13.6. The first-order chi connectivity index (χ1) is 11.1. The zero-order chi connectivity index (χ0) is 16.4. The Morgan fingerprint density at radius 3 is 2.74 bits per heavy atom. The van der Waals surface area contributed by atoms with Gasteiger partial charge in [0.2, 0.25) is 0 Å². The first kappa shape index (κ1) is 15.4. The van der Waals surface area contributed by atoms with Crippen LogP contribution >= 0.6 is 11.3 Å². The van der Waals surface area contributed by atoms with Gasteiger partial charge in [-0.3, -0.25) is 4.79 Å². The van der Waals surface area contributed by atoms with Crippen LogP contribution in [0.5, 0.6) is 0 Å². The monoisotopic (exact) mass is 329 g/mol. The van der Waals surface area contributed by atoms with Gasteiger partial charge in [-0.2, -0.15) is 0 Å². The molecule has 1 aromatic carbocycles. The molecular formula is C16H15N3O3S. The van der Waals surface area contributed by atoms with Gasteiger partial charge in [0.1, 0.15) is 10.4 Å². The van der Waals surface area contributed by atoms with E-state index in [4.69, 9.17) is 4.74 Å². The molecule has 2 aromatic heterocycles. The normalized spacial score (nSPS) is 10.9. The summed E-state index contributed by atoms with van der Waals surface area (Å²) in [7, 11) is 0. The van der Waals surface area contributed by atoms with Crippen molar-refractivity contribution in [2.75, 3.05) is 6.61 Å². The molecule has 0 saturated carbocycles. The van der Waals surface area contributed by atoms with Gasteiger partial charge < -0.3 is 4.74 Å². The SMILES string of the molecule is CCOC(=O)c1sc(C)c2c(=O)n(Cc3ccccc3)nnc12. The van der Waals surface area contributed by atoms with Crippen LogP contribution in [0.2, 0.25) is 0 Å². The van der Waals surface area contributed by atoms with E-state index in [1.165, 1.54) is 16.0 Å². The molecule has 3 rings (SSSR count). The number of thiophene rings is 1. The second kappa shape index (κ2) is 6.29. The van der Waals surface area contributed by atoms with E-state index in [1.54, 1.807) is 13.8 Å². The third kappa shape index (κ3) is 2.87. The molecule has 0 saturated heterocycles. The highest BCUT2D eigenvalue weighted by Crippen LogP contribution is 2.27. The summed E-state index contributed by atoms with van der Waals surface area (Å²) in [5.41, 5.74) is 1.03. The molecule has 0 bridgehead atoms. The van der Waals surface area contributed by atoms with E-state index in [-0.39, 0.29) is 12.2 Å². The molecule has 0 aliphatic carbocycles. The maximum Gasteiger partial charge on any atom is 0.350 e. The molecule has 0 fully saturated rings. The molecule has 2 heterocycles. The van der Waals surface area contributed by atoms with Crippen LogP contribution in [-0.4, -0.2) is 27.6 Å². The molecule has 0 aliphatic rings. The molecule has 0 spiro atoms. The lowest BCUT2D eigenvalue weighted by atomic mass is 10.2. The van der Waals surface area contributed by atoms with Gasteiger partial charge >= 0.3 is 5.97 Å². The third-order valence-corrected chi connectivity index (χ3v) is 4.47. The van der Waals surface area contributed by atoms with Crippen LogP contribution < -0.4 is 5.56 Å². The summed E-state index contributed by atoms with van der Waals surface area (Å²) >= 11 is 1.21. The number of hydrogen-bond acceptors (Lipinski definition) is 6. The number of nitrogens with zero attached hydrogens (tertiary/aromatic N) is 3. The molecular weight excluding hydrogens is 314 g/mol. The Balaban J connectivity index is 2.08. The first-order valence-electron chi connectivity index (χ1n) is 7.19. The van der Waals surface area contributed by atoms with Crippen molar-refractivity contribution in [3.63, 3.8) is 0 Å². The number of carbonyl (C=O) groups excluding carboxylic acids is 1. The molecule has 23 heavy (non-hydrogen) atoms. The molecule has 0 aliphatic heterocycles. The van der Waals surface area contributed by atoms with Crippen LogP contribution in [0, 0.1) is 6.92 Å². The standard InChI is InChI=1S/C16H15N3O3S/c1-3-22-16(21)14-13-12(10(2)23-14)15(20)19(18-17-13)9-11-7-5-4-6-8-11/h4-8H,3,9H2,1-2H3. The number of fused-ring (bicyclic) bond motifs is 1. The molecule has 0 unspecified atom stereocenters. The fourth-order valence-electron chi connectivity index (χ4n) is 2.34. The van der Waals surface area contributed by atoms with Crippen molar-refractivity contribution in [1.82, 2.24) is 15.0 Å². The summed E-state index contributed by atoms with van der Waals surface area (Å²) in [5.74, 6) is -0.467. The van der Waals surface area contributed by atoms with Crippen LogP contribution in [0.1, 0.15) is 27.0 Å². The number of ether oxygens (including phenoxy) is 1. The highest BCUT2D eigenvalue weighted by molar-refractivity contribution is 7.15. The summed E-state index contributed by atoms with van der Waals surface area (Å²) in [6.07, 6.45) is 0. The zero-order valence-electron chi connectivity index (χ0n) is 12.8. The fourth-order valence-corrected chi connectivity index (χ4v) is 3.32. The summed E-state index contributed by atoms with van der Waals surface area (Å²) < 4.78 is 6.32. The Bertz CT molecular complexity index is 915. The minimum Gasteiger partial charge on any atom is -0.462 e. The Hall–Kier alpha value is -2.54. The predicted molar refractivity (Wildman–Crippen MR) is 87.9 cm³/mol. The predicted octanol–water partition coefficient (Wildman–Crippen LogP) is 2.39. The number of benzene rings is 1. The van der Waals surface area contributed by atoms with Gasteiger partial charge in [0.05, 0.1) is 18.5 Å². The lowest BCUT2D eigenvalue weighted by Crippen LogP contribution is -2.25. The smallest absolute Gasteiger partial charge is 0.350 e. The number of esters is 1. The Kier molecular flexibility index (Phi) is 4.20. The van der Waals surface area contributed by atoms with Crippen molar-refractivity contribution >= 4 is 28.2 Å². The van der Waals surface area contributed by atoms with E-state index in [1.807, 2.05) is 30.3 Å². The summed E-state index contributed by atoms with van der Waals surface area (Å²) in [6, 6.07) is 9.56. The number of aryl methyl sites for hydroxylation is 1. The first-order valence-corrected chi connectivity index (χ1v) is 8.01. The van der Waals surface area contributed by atoms with Gasteiger partial charge in [-0.1, -0.05) is 35.5 Å². The summed E-state index contributed by atoms with van der Waals surface area (Å²) in [6.45, 7) is 4.15. The minimum atomic E-state index is -0.467. The topological polar surface area (TPSA) is 74.1 Å². The average molecular weight is 329 g/mol. The van der Waals surface area contributed by atoms with Crippen molar-refractivity contribution in [2.45, 2.75) is 20.4 Å². The third-order valence-electron chi connectivity index (χ3n) is 3.40. The highest BCUT2D eigenvalue weighted by Gasteiger charge is 2.21. The van der Waals surface area contributed by atoms with E-state index in [0.29, 0.717) is 22.3 Å². The van der Waals surface area contributed by atoms with Crippen LogP contribution in [0.15, 0.2) is 35.1 Å². The van der Waals surface area contributed by atoms with Crippen LogP contribution in [0.25, 0.3) is 10.9 Å². The quantitative estimate of drug-likeness (QED) is 0.687. The molecule has 0 amide bonds. The second-order valence-corrected chi connectivity index (χ2v) is 6.19. The van der Waals surface area contributed by atoms with Gasteiger partial charge in [0, 0.05) is 4.88 Å².